The first-order chi connectivity index (χ1) is 11.7. The van der Waals surface area contributed by atoms with Gasteiger partial charge in [0.05, 0.1) is 7.11 Å². The number of ether oxygens (including phenoxy) is 1. The molecular formula is C21H25NO2. The summed E-state index contributed by atoms with van der Waals surface area (Å²) in [5.74, 6) is 1.42. The predicted octanol–water partition coefficient (Wildman–Crippen LogP) is 4.41. The molecule has 3 rings (SSSR count). The number of nitrogens with zero attached hydrogens (tertiary/aromatic N) is 1. The molecule has 126 valence electrons. The number of amides is 1. The molecule has 0 radical (unpaired) electrons. The standard InChI is InChI=1S/C21H25NO2/c1-16-6-8-18(9-7-16)21(23)22-14-4-3-5-19(15-22)17-10-12-20(24-2)13-11-17/h6-13,19H,3-5,14-15H2,1-2H3. The quantitative estimate of drug-likeness (QED) is 0.837. The Labute approximate surface area is 144 Å². The van der Waals surface area contributed by atoms with Crippen molar-refractivity contribution in [2.75, 3.05) is 20.2 Å². The van der Waals surface area contributed by atoms with Gasteiger partial charge in [0.25, 0.3) is 5.91 Å². The molecule has 2 aromatic carbocycles. The summed E-state index contributed by atoms with van der Waals surface area (Å²) in [7, 11) is 1.68. The SMILES string of the molecule is COc1ccc(C2CCCCN(C(=O)c3ccc(C)cc3)C2)cc1. The van der Waals surface area contributed by atoms with E-state index in [4.69, 9.17) is 4.74 Å². The third kappa shape index (κ3) is 3.78. The van der Waals surface area contributed by atoms with Gasteiger partial charge in [0.1, 0.15) is 5.75 Å². The van der Waals surface area contributed by atoms with Crippen LogP contribution < -0.4 is 4.74 Å². The number of hydrogen-bond donors (Lipinski definition) is 0. The van der Waals surface area contributed by atoms with Crippen LogP contribution >= 0.6 is 0 Å². The zero-order valence-corrected chi connectivity index (χ0v) is 14.5. The molecule has 3 nitrogen and oxygen atoms in total. The minimum absolute atomic E-state index is 0.149. The Bertz CT molecular complexity index is 676. The van der Waals surface area contributed by atoms with Crippen LogP contribution in [0.15, 0.2) is 48.5 Å². The molecule has 1 unspecified atom stereocenters. The third-order valence-corrected chi connectivity index (χ3v) is 4.84. The predicted molar refractivity (Wildman–Crippen MR) is 96.7 cm³/mol. The molecule has 1 saturated heterocycles. The van der Waals surface area contributed by atoms with E-state index in [9.17, 15) is 4.79 Å². The van der Waals surface area contributed by atoms with Crippen LogP contribution in [0.5, 0.6) is 5.75 Å². The largest absolute Gasteiger partial charge is 0.497 e. The van der Waals surface area contributed by atoms with Gasteiger partial charge < -0.3 is 9.64 Å². The molecule has 0 bridgehead atoms. The number of carbonyl (C=O) groups excluding carboxylic acids is 1. The van der Waals surface area contributed by atoms with Gasteiger partial charge in [-0.2, -0.15) is 0 Å². The summed E-state index contributed by atoms with van der Waals surface area (Å²) >= 11 is 0. The van der Waals surface area contributed by atoms with Crippen molar-refractivity contribution >= 4 is 5.91 Å². The molecule has 1 aliphatic heterocycles. The van der Waals surface area contributed by atoms with E-state index < -0.39 is 0 Å². The molecule has 0 aromatic heterocycles. The van der Waals surface area contributed by atoms with Crippen molar-refractivity contribution in [3.8, 4) is 5.75 Å². The highest BCUT2D eigenvalue weighted by Gasteiger charge is 2.24. The van der Waals surface area contributed by atoms with E-state index in [1.54, 1.807) is 7.11 Å². The van der Waals surface area contributed by atoms with Crippen molar-refractivity contribution in [3.63, 3.8) is 0 Å². The smallest absolute Gasteiger partial charge is 0.253 e. The maximum atomic E-state index is 12.8. The summed E-state index contributed by atoms with van der Waals surface area (Å²) in [6.45, 7) is 3.68. The number of carbonyl (C=O) groups is 1. The van der Waals surface area contributed by atoms with Gasteiger partial charge in [-0.25, -0.2) is 0 Å². The van der Waals surface area contributed by atoms with Crippen molar-refractivity contribution in [1.82, 2.24) is 4.90 Å². The maximum Gasteiger partial charge on any atom is 0.253 e. The molecular weight excluding hydrogens is 298 g/mol. The van der Waals surface area contributed by atoms with Crippen molar-refractivity contribution in [2.45, 2.75) is 32.1 Å². The number of hydrogen-bond acceptors (Lipinski definition) is 2. The molecule has 1 heterocycles. The fourth-order valence-corrected chi connectivity index (χ4v) is 3.35. The molecule has 0 N–H and O–H groups in total. The average Bonchev–Trinajstić information content (AvgIpc) is 2.88. The Morgan fingerprint density at radius 1 is 1.04 bits per heavy atom. The first-order valence-electron chi connectivity index (χ1n) is 8.67. The number of benzene rings is 2. The van der Waals surface area contributed by atoms with Gasteiger partial charge in [-0.15, -0.1) is 0 Å². The van der Waals surface area contributed by atoms with Gasteiger partial charge in [-0.3, -0.25) is 4.79 Å². The normalized spacial score (nSPS) is 18.1. The van der Waals surface area contributed by atoms with E-state index in [0.29, 0.717) is 5.92 Å². The highest BCUT2D eigenvalue weighted by Crippen LogP contribution is 2.28. The average molecular weight is 323 g/mol. The van der Waals surface area contributed by atoms with Crippen LogP contribution in [0.4, 0.5) is 0 Å². The summed E-state index contributed by atoms with van der Waals surface area (Å²) < 4.78 is 5.24. The van der Waals surface area contributed by atoms with Gasteiger partial charge >= 0.3 is 0 Å². The van der Waals surface area contributed by atoms with E-state index in [0.717, 1.165) is 43.7 Å². The topological polar surface area (TPSA) is 29.5 Å². The Hall–Kier alpha value is -2.29. The van der Waals surface area contributed by atoms with Gasteiger partial charge in [0.15, 0.2) is 0 Å². The highest BCUT2D eigenvalue weighted by molar-refractivity contribution is 5.94. The Balaban J connectivity index is 1.76. The maximum absolute atomic E-state index is 12.8. The second kappa shape index (κ2) is 7.52. The van der Waals surface area contributed by atoms with Crippen molar-refractivity contribution in [3.05, 3.63) is 65.2 Å². The fraction of sp³-hybridized carbons (Fsp3) is 0.381. The summed E-state index contributed by atoms with van der Waals surface area (Å²) in [5.41, 5.74) is 3.26. The third-order valence-electron chi connectivity index (χ3n) is 4.84. The van der Waals surface area contributed by atoms with Crippen molar-refractivity contribution in [2.24, 2.45) is 0 Å². The van der Waals surface area contributed by atoms with Crippen LogP contribution in [0.1, 0.15) is 46.7 Å². The van der Waals surface area contributed by atoms with Crippen molar-refractivity contribution in [1.29, 1.82) is 0 Å². The number of rotatable bonds is 3. The summed E-state index contributed by atoms with van der Waals surface area (Å²) in [5, 5.41) is 0. The monoisotopic (exact) mass is 323 g/mol. The van der Waals surface area contributed by atoms with Crippen LogP contribution in [-0.4, -0.2) is 31.0 Å². The zero-order chi connectivity index (χ0) is 16.9. The minimum Gasteiger partial charge on any atom is -0.497 e. The lowest BCUT2D eigenvalue weighted by Crippen LogP contribution is -2.34. The van der Waals surface area contributed by atoms with Crippen LogP contribution in [0.2, 0.25) is 0 Å². The lowest BCUT2D eigenvalue weighted by molar-refractivity contribution is 0.0754. The number of likely N-dealkylation sites (tertiary alicyclic amines) is 1. The van der Waals surface area contributed by atoms with E-state index in [-0.39, 0.29) is 5.91 Å². The summed E-state index contributed by atoms with van der Waals surface area (Å²) in [4.78, 5) is 14.9. The Kier molecular flexibility index (Phi) is 5.19. The number of methoxy groups -OCH3 is 1. The fourth-order valence-electron chi connectivity index (χ4n) is 3.35. The van der Waals surface area contributed by atoms with Gasteiger partial charge in [-0.05, 0) is 49.6 Å². The van der Waals surface area contributed by atoms with Gasteiger partial charge in [0, 0.05) is 24.6 Å². The molecule has 1 fully saturated rings. The zero-order valence-electron chi connectivity index (χ0n) is 14.5. The van der Waals surface area contributed by atoms with Crippen molar-refractivity contribution < 1.29 is 9.53 Å². The van der Waals surface area contributed by atoms with Crippen LogP contribution in [0, 0.1) is 6.92 Å². The molecule has 2 aromatic rings. The molecule has 1 atom stereocenters. The lowest BCUT2D eigenvalue weighted by Gasteiger charge is -2.25. The summed E-state index contributed by atoms with van der Waals surface area (Å²) in [6.07, 6.45) is 3.36. The second-order valence-corrected chi connectivity index (χ2v) is 6.58. The first-order valence-corrected chi connectivity index (χ1v) is 8.67. The molecule has 0 aliphatic carbocycles. The highest BCUT2D eigenvalue weighted by atomic mass is 16.5. The van der Waals surface area contributed by atoms with E-state index in [1.165, 1.54) is 11.1 Å². The second-order valence-electron chi connectivity index (χ2n) is 6.58. The number of aryl methyl sites for hydroxylation is 1. The Morgan fingerprint density at radius 2 is 1.75 bits per heavy atom. The lowest BCUT2D eigenvalue weighted by atomic mass is 9.94. The van der Waals surface area contributed by atoms with Gasteiger partial charge in [-0.1, -0.05) is 36.2 Å². The van der Waals surface area contributed by atoms with Crippen LogP contribution in [0.3, 0.4) is 0 Å². The van der Waals surface area contributed by atoms with Crippen LogP contribution in [0.25, 0.3) is 0 Å². The van der Waals surface area contributed by atoms with E-state index in [1.807, 2.05) is 48.2 Å². The Morgan fingerprint density at radius 3 is 2.42 bits per heavy atom. The van der Waals surface area contributed by atoms with Crippen LogP contribution in [-0.2, 0) is 0 Å². The first kappa shape index (κ1) is 16.6. The molecule has 1 amide bonds. The molecule has 1 aliphatic rings. The molecule has 3 heteroatoms. The molecule has 0 spiro atoms. The van der Waals surface area contributed by atoms with Gasteiger partial charge in [0.2, 0.25) is 0 Å². The molecule has 24 heavy (non-hydrogen) atoms. The van der Waals surface area contributed by atoms with E-state index >= 15 is 0 Å². The minimum atomic E-state index is 0.149. The summed E-state index contributed by atoms with van der Waals surface area (Å²) in [6, 6.07) is 16.2. The van der Waals surface area contributed by atoms with E-state index in [2.05, 4.69) is 12.1 Å². The molecule has 0 saturated carbocycles.